The van der Waals surface area contributed by atoms with Crippen LogP contribution in [-0.2, 0) is 11.3 Å². The summed E-state index contributed by atoms with van der Waals surface area (Å²) in [5.41, 5.74) is 1.32. The van der Waals surface area contributed by atoms with Crippen LogP contribution in [0.5, 0.6) is 0 Å². The lowest BCUT2D eigenvalue weighted by Gasteiger charge is -2.13. The van der Waals surface area contributed by atoms with Crippen molar-refractivity contribution in [1.82, 2.24) is 9.88 Å². The van der Waals surface area contributed by atoms with Crippen LogP contribution in [0.15, 0.2) is 36.5 Å². The van der Waals surface area contributed by atoms with E-state index in [-0.39, 0.29) is 0 Å². The number of benzene rings is 1. The van der Waals surface area contributed by atoms with Crippen LogP contribution in [0.2, 0.25) is 0 Å². The number of fused-ring (bicyclic) bond motifs is 1. The number of nitrogens with one attached hydrogen (secondary N) is 1. The zero-order valence-corrected chi connectivity index (χ0v) is 11.9. The molecule has 0 saturated heterocycles. The van der Waals surface area contributed by atoms with Crippen molar-refractivity contribution in [3.8, 4) is 0 Å². The molecule has 0 radical (unpaired) electrons. The fourth-order valence-electron chi connectivity index (χ4n) is 2.29. The first-order valence-electron chi connectivity index (χ1n) is 7.16. The van der Waals surface area contributed by atoms with Crippen molar-refractivity contribution in [1.29, 1.82) is 0 Å². The van der Waals surface area contributed by atoms with Gasteiger partial charge in [0.05, 0.1) is 6.61 Å². The predicted octanol–water partition coefficient (Wildman–Crippen LogP) is 3.05. The summed E-state index contributed by atoms with van der Waals surface area (Å²) in [6.45, 7) is 7.87. The maximum atomic E-state index is 5.39. The van der Waals surface area contributed by atoms with Crippen molar-refractivity contribution < 1.29 is 4.74 Å². The molecule has 1 aromatic heterocycles. The van der Waals surface area contributed by atoms with Gasteiger partial charge >= 0.3 is 0 Å². The van der Waals surface area contributed by atoms with Crippen molar-refractivity contribution in [3.63, 3.8) is 0 Å². The quantitative estimate of drug-likeness (QED) is 0.738. The predicted molar refractivity (Wildman–Crippen MR) is 80.5 cm³/mol. The van der Waals surface area contributed by atoms with Crippen LogP contribution in [0.25, 0.3) is 10.9 Å². The Bertz CT molecular complexity index is 492. The first kappa shape index (κ1) is 14.1. The normalized spacial score (nSPS) is 12.9. The highest BCUT2D eigenvalue weighted by molar-refractivity contribution is 5.79. The molecule has 1 unspecified atom stereocenters. The summed E-state index contributed by atoms with van der Waals surface area (Å²) in [7, 11) is 0. The molecular weight excluding hydrogens is 236 g/mol. The van der Waals surface area contributed by atoms with E-state index < -0.39 is 0 Å². The molecule has 0 bridgehead atoms. The maximum absolute atomic E-state index is 5.39. The summed E-state index contributed by atoms with van der Waals surface area (Å²) >= 11 is 0. The van der Waals surface area contributed by atoms with Crippen molar-refractivity contribution in [3.05, 3.63) is 36.5 Å². The Balaban J connectivity index is 1.74. The average molecular weight is 260 g/mol. The maximum Gasteiger partial charge on any atom is 0.0616 e. The van der Waals surface area contributed by atoms with Crippen LogP contribution in [-0.4, -0.2) is 30.4 Å². The fourth-order valence-corrected chi connectivity index (χ4v) is 2.29. The monoisotopic (exact) mass is 260 g/mol. The Hall–Kier alpha value is -1.32. The number of hydrogen-bond donors (Lipinski definition) is 1. The SMILES string of the molecule is CCOCC(C)NCCCn1ccc2ccccc21. The first-order valence-corrected chi connectivity index (χ1v) is 7.16. The highest BCUT2D eigenvalue weighted by Crippen LogP contribution is 2.15. The standard InChI is InChI=1S/C16H24N2O/c1-3-19-13-14(2)17-10-6-11-18-12-9-15-7-4-5-8-16(15)18/h4-5,7-9,12,14,17H,3,6,10-11,13H2,1-2H3. The average Bonchev–Trinajstić information content (AvgIpc) is 2.85. The molecule has 0 aliphatic heterocycles. The van der Waals surface area contributed by atoms with Gasteiger partial charge in [-0.25, -0.2) is 0 Å². The number of aryl methyl sites for hydroxylation is 1. The largest absolute Gasteiger partial charge is 0.380 e. The van der Waals surface area contributed by atoms with Gasteiger partial charge in [-0.05, 0) is 44.3 Å². The van der Waals surface area contributed by atoms with Gasteiger partial charge in [-0.1, -0.05) is 18.2 Å². The molecule has 1 N–H and O–H groups in total. The fraction of sp³-hybridized carbons (Fsp3) is 0.500. The van der Waals surface area contributed by atoms with Crippen LogP contribution in [0.3, 0.4) is 0 Å². The van der Waals surface area contributed by atoms with E-state index in [4.69, 9.17) is 4.74 Å². The molecule has 2 rings (SSSR count). The topological polar surface area (TPSA) is 26.2 Å². The highest BCUT2D eigenvalue weighted by Gasteiger charge is 2.02. The number of para-hydroxylation sites is 1. The van der Waals surface area contributed by atoms with Crippen molar-refractivity contribution in [2.24, 2.45) is 0 Å². The molecule has 0 spiro atoms. The molecular formula is C16H24N2O. The lowest BCUT2D eigenvalue weighted by Crippen LogP contribution is -2.31. The summed E-state index contributed by atoms with van der Waals surface area (Å²) in [5, 5.41) is 4.81. The summed E-state index contributed by atoms with van der Waals surface area (Å²) < 4.78 is 7.71. The number of nitrogens with zero attached hydrogens (tertiary/aromatic N) is 1. The Kier molecular flexibility index (Phi) is 5.43. The van der Waals surface area contributed by atoms with Gasteiger partial charge in [0, 0.05) is 30.9 Å². The second-order valence-electron chi connectivity index (χ2n) is 4.94. The van der Waals surface area contributed by atoms with Crippen LogP contribution < -0.4 is 5.32 Å². The smallest absolute Gasteiger partial charge is 0.0616 e. The van der Waals surface area contributed by atoms with E-state index in [1.807, 2.05) is 6.92 Å². The zero-order valence-electron chi connectivity index (χ0n) is 11.9. The van der Waals surface area contributed by atoms with E-state index in [0.717, 1.165) is 32.7 Å². The van der Waals surface area contributed by atoms with E-state index >= 15 is 0 Å². The summed E-state index contributed by atoms with van der Waals surface area (Å²) in [6, 6.07) is 11.1. The van der Waals surface area contributed by atoms with Gasteiger partial charge in [-0.2, -0.15) is 0 Å². The van der Waals surface area contributed by atoms with E-state index in [1.54, 1.807) is 0 Å². The lowest BCUT2D eigenvalue weighted by atomic mass is 10.2. The van der Waals surface area contributed by atoms with Crippen LogP contribution in [0, 0.1) is 0 Å². The third kappa shape index (κ3) is 4.08. The van der Waals surface area contributed by atoms with E-state index in [0.29, 0.717) is 6.04 Å². The molecule has 0 fully saturated rings. The Morgan fingerprint density at radius 3 is 2.95 bits per heavy atom. The first-order chi connectivity index (χ1) is 9.31. The second kappa shape index (κ2) is 7.31. The van der Waals surface area contributed by atoms with E-state index in [9.17, 15) is 0 Å². The van der Waals surface area contributed by atoms with Gasteiger partial charge in [0.15, 0.2) is 0 Å². The van der Waals surface area contributed by atoms with Gasteiger partial charge in [0.2, 0.25) is 0 Å². The number of aromatic nitrogens is 1. The lowest BCUT2D eigenvalue weighted by molar-refractivity contribution is 0.127. The summed E-state index contributed by atoms with van der Waals surface area (Å²) in [5.74, 6) is 0. The molecule has 1 heterocycles. The van der Waals surface area contributed by atoms with Crippen molar-refractivity contribution in [2.75, 3.05) is 19.8 Å². The molecule has 3 heteroatoms. The Morgan fingerprint density at radius 1 is 1.26 bits per heavy atom. The minimum absolute atomic E-state index is 0.432. The zero-order chi connectivity index (χ0) is 13.5. The molecule has 0 saturated carbocycles. The van der Waals surface area contributed by atoms with Gasteiger partial charge < -0.3 is 14.6 Å². The molecule has 1 atom stereocenters. The van der Waals surface area contributed by atoms with E-state index in [1.165, 1.54) is 10.9 Å². The minimum atomic E-state index is 0.432. The minimum Gasteiger partial charge on any atom is -0.380 e. The van der Waals surface area contributed by atoms with Crippen LogP contribution in [0.1, 0.15) is 20.3 Å². The van der Waals surface area contributed by atoms with Crippen molar-refractivity contribution in [2.45, 2.75) is 32.9 Å². The van der Waals surface area contributed by atoms with E-state index in [2.05, 4.69) is 53.3 Å². The molecule has 0 amide bonds. The summed E-state index contributed by atoms with van der Waals surface area (Å²) in [4.78, 5) is 0. The third-order valence-corrected chi connectivity index (χ3v) is 3.32. The Morgan fingerprint density at radius 2 is 2.11 bits per heavy atom. The molecule has 0 aliphatic carbocycles. The van der Waals surface area contributed by atoms with Crippen LogP contribution >= 0.6 is 0 Å². The number of ether oxygens (including phenoxy) is 1. The number of rotatable bonds is 8. The number of hydrogen-bond acceptors (Lipinski definition) is 2. The van der Waals surface area contributed by atoms with Gasteiger partial charge in [-0.3, -0.25) is 0 Å². The third-order valence-electron chi connectivity index (χ3n) is 3.32. The molecule has 1 aromatic carbocycles. The van der Waals surface area contributed by atoms with Gasteiger partial charge in [0.1, 0.15) is 0 Å². The molecule has 19 heavy (non-hydrogen) atoms. The Labute approximate surface area is 115 Å². The van der Waals surface area contributed by atoms with Gasteiger partial charge in [-0.15, -0.1) is 0 Å². The van der Waals surface area contributed by atoms with Crippen LogP contribution in [0.4, 0.5) is 0 Å². The molecule has 0 aliphatic rings. The molecule has 104 valence electrons. The van der Waals surface area contributed by atoms with Gasteiger partial charge in [0.25, 0.3) is 0 Å². The van der Waals surface area contributed by atoms with Crippen molar-refractivity contribution >= 4 is 10.9 Å². The molecule has 3 nitrogen and oxygen atoms in total. The highest BCUT2D eigenvalue weighted by atomic mass is 16.5. The molecule has 2 aromatic rings. The second-order valence-corrected chi connectivity index (χ2v) is 4.94. The summed E-state index contributed by atoms with van der Waals surface area (Å²) in [6.07, 6.45) is 3.31.